The minimum absolute atomic E-state index is 0.0724. The van der Waals surface area contributed by atoms with Crippen molar-refractivity contribution in [3.05, 3.63) is 51.7 Å². The van der Waals surface area contributed by atoms with Crippen LogP contribution in [0.1, 0.15) is 0 Å². The van der Waals surface area contributed by atoms with Crippen LogP contribution in [0.3, 0.4) is 0 Å². The topological polar surface area (TPSA) is 47.6 Å². The Morgan fingerprint density at radius 2 is 2.00 bits per heavy atom. The van der Waals surface area contributed by atoms with Crippen molar-refractivity contribution in [2.45, 2.75) is 6.61 Å². The maximum absolute atomic E-state index is 13.4. The van der Waals surface area contributed by atoms with Gasteiger partial charge in [-0.25, -0.2) is 4.39 Å². The molecular weight excluding hydrogens is 415 g/mol. The van der Waals surface area contributed by atoms with E-state index in [1.54, 1.807) is 6.07 Å². The van der Waals surface area contributed by atoms with Gasteiger partial charge in [-0.2, -0.15) is 8.78 Å². The summed E-state index contributed by atoms with van der Waals surface area (Å²) in [7, 11) is 0. The summed E-state index contributed by atoms with van der Waals surface area (Å²) in [4.78, 5) is 11.9. The van der Waals surface area contributed by atoms with Gasteiger partial charge in [-0.3, -0.25) is 4.79 Å². The number of carbonyl (C=O) groups is 1. The van der Waals surface area contributed by atoms with Crippen molar-refractivity contribution in [2.75, 3.05) is 11.9 Å². The van der Waals surface area contributed by atoms with Gasteiger partial charge in [0.15, 0.2) is 23.9 Å². The highest BCUT2D eigenvalue weighted by molar-refractivity contribution is 9.10. The quantitative estimate of drug-likeness (QED) is 0.720. The number of alkyl halides is 2. The number of halogens is 5. The number of ether oxygens (including phenoxy) is 2. The first kappa shape index (κ1) is 18.4. The van der Waals surface area contributed by atoms with Crippen LogP contribution in [0.5, 0.6) is 11.5 Å². The van der Waals surface area contributed by atoms with Crippen LogP contribution in [0.4, 0.5) is 18.9 Å². The zero-order chi connectivity index (χ0) is 17.7. The van der Waals surface area contributed by atoms with Gasteiger partial charge in [0.25, 0.3) is 5.91 Å². The van der Waals surface area contributed by atoms with Crippen molar-refractivity contribution in [1.82, 2.24) is 0 Å². The third kappa shape index (κ3) is 5.04. The SMILES string of the molecule is O=C(COc1ccccc1F)Nc1cc(Cl)cc(Br)c1OC(F)F. The first-order valence-corrected chi connectivity index (χ1v) is 7.65. The second-order valence-corrected chi connectivity index (χ2v) is 5.70. The van der Waals surface area contributed by atoms with Crippen LogP contribution in [-0.4, -0.2) is 19.1 Å². The van der Waals surface area contributed by atoms with Gasteiger partial charge in [0.05, 0.1) is 10.2 Å². The molecule has 1 N–H and O–H groups in total. The molecule has 2 aromatic rings. The summed E-state index contributed by atoms with van der Waals surface area (Å²) in [6, 6.07) is 8.12. The molecule has 9 heteroatoms. The van der Waals surface area contributed by atoms with Crippen molar-refractivity contribution in [3.63, 3.8) is 0 Å². The molecule has 2 rings (SSSR count). The van der Waals surface area contributed by atoms with Crippen molar-refractivity contribution in [1.29, 1.82) is 0 Å². The fraction of sp³-hybridized carbons (Fsp3) is 0.133. The monoisotopic (exact) mass is 423 g/mol. The molecule has 0 bridgehead atoms. The first-order chi connectivity index (χ1) is 11.4. The van der Waals surface area contributed by atoms with Gasteiger partial charge in [-0.1, -0.05) is 23.7 Å². The molecule has 0 aliphatic rings. The fourth-order valence-corrected chi connectivity index (χ4v) is 2.66. The predicted molar refractivity (Wildman–Crippen MR) is 86.3 cm³/mol. The summed E-state index contributed by atoms with van der Waals surface area (Å²) >= 11 is 8.86. The van der Waals surface area contributed by atoms with E-state index in [1.165, 1.54) is 30.3 Å². The second kappa shape index (κ2) is 8.25. The standard InChI is InChI=1S/C15H10BrClF3NO3/c16-9-5-8(17)6-11(14(9)24-15(19)20)21-13(22)7-23-12-4-2-1-3-10(12)18/h1-6,15H,7H2,(H,21,22). The summed E-state index contributed by atoms with van der Waals surface area (Å²) in [5.41, 5.74) is -0.0724. The van der Waals surface area contributed by atoms with Crippen LogP contribution in [0.2, 0.25) is 5.02 Å². The van der Waals surface area contributed by atoms with Gasteiger partial charge in [0.1, 0.15) is 0 Å². The van der Waals surface area contributed by atoms with E-state index in [4.69, 9.17) is 16.3 Å². The van der Waals surface area contributed by atoms with E-state index in [0.717, 1.165) is 0 Å². The molecule has 4 nitrogen and oxygen atoms in total. The fourth-order valence-electron chi connectivity index (χ4n) is 1.75. The summed E-state index contributed by atoms with van der Waals surface area (Å²) in [6.07, 6.45) is 0. The van der Waals surface area contributed by atoms with Crippen molar-refractivity contribution in [3.8, 4) is 11.5 Å². The van der Waals surface area contributed by atoms with E-state index in [-0.39, 0.29) is 26.7 Å². The molecule has 24 heavy (non-hydrogen) atoms. The Morgan fingerprint density at radius 1 is 1.29 bits per heavy atom. The first-order valence-electron chi connectivity index (χ1n) is 6.48. The van der Waals surface area contributed by atoms with Crippen molar-refractivity contribution in [2.24, 2.45) is 0 Å². The Hall–Kier alpha value is -1.93. The molecule has 0 heterocycles. The number of hydrogen-bond acceptors (Lipinski definition) is 3. The highest BCUT2D eigenvalue weighted by Crippen LogP contribution is 2.37. The van der Waals surface area contributed by atoms with Gasteiger partial charge in [0.2, 0.25) is 0 Å². The van der Waals surface area contributed by atoms with E-state index >= 15 is 0 Å². The molecule has 0 aliphatic carbocycles. The summed E-state index contributed by atoms with van der Waals surface area (Å²) in [5.74, 6) is -1.72. The molecule has 1 amide bonds. The molecule has 0 aromatic heterocycles. The average Bonchev–Trinajstić information content (AvgIpc) is 2.49. The third-order valence-corrected chi connectivity index (χ3v) is 3.49. The Labute approximate surface area is 148 Å². The molecule has 0 aliphatic heterocycles. The lowest BCUT2D eigenvalue weighted by Crippen LogP contribution is -2.21. The number of amides is 1. The summed E-state index contributed by atoms with van der Waals surface area (Å²) in [6.45, 7) is -3.62. The molecule has 0 saturated heterocycles. The van der Waals surface area contributed by atoms with Crippen LogP contribution < -0.4 is 14.8 Å². The molecule has 0 spiro atoms. The number of hydrogen-bond donors (Lipinski definition) is 1. The lowest BCUT2D eigenvalue weighted by Gasteiger charge is -2.14. The van der Waals surface area contributed by atoms with E-state index in [0.29, 0.717) is 0 Å². The van der Waals surface area contributed by atoms with E-state index in [1.807, 2.05) is 0 Å². The minimum Gasteiger partial charge on any atom is -0.481 e. The molecule has 0 saturated carbocycles. The highest BCUT2D eigenvalue weighted by atomic mass is 79.9. The second-order valence-electron chi connectivity index (χ2n) is 4.41. The van der Waals surface area contributed by atoms with Gasteiger partial charge >= 0.3 is 6.61 Å². The lowest BCUT2D eigenvalue weighted by atomic mass is 10.3. The number of carbonyl (C=O) groups excluding carboxylic acids is 1. The number of rotatable bonds is 6. The zero-order valence-corrected chi connectivity index (χ0v) is 14.2. The normalized spacial score (nSPS) is 10.6. The zero-order valence-electron chi connectivity index (χ0n) is 11.9. The largest absolute Gasteiger partial charge is 0.481 e. The molecule has 0 fully saturated rings. The van der Waals surface area contributed by atoms with Gasteiger partial charge < -0.3 is 14.8 Å². The van der Waals surface area contributed by atoms with Crippen LogP contribution in [0, 0.1) is 5.82 Å². The number of nitrogens with one attached hydrogen (secondary N) is 1. The van der Waals surface area contributed by atoms with Crippen LogP contribution in [-0.2, 0) is 4.79 Å². The lowest BCUT2D eigenvalue weighted by molar-refractivity contribution is -0.118. The predicted octanol–water partition coefficient (Wildman–Crippen LogP) is 4.86. The van der Waals surface area contributed by atoms with E-state index in [2.05, 4.69) is 26.0 Å². The summed E-state index contributed by atoms with van der Waals surface area (Å²) in [5, 5.41) is 2.52. The van der Waals surface area contributed by atoms with Gasteiger partial charge in [-0.05, 0) is 40.2 Å². The maximum atomic E-state index is 13.4. The minimum atomic E-state index is -3.09. The Morgan fingerprint density at radius 3 is 2.67 bits per heavy atom. The van der Waals surface area contributed by atoms with Crippen LogP contribution in [0.15, 0.2) is 40.9 Å². The Balaban J connectivity index is 2.09. The smallest absolute Gasteiger partial charge is 0.387 e. The number of anilines is 1. The molecular formula is C15H10BrClF3NO3. The van der Waals surface area contributed by atoms with Crippen molar-refractivity contribution < 1.29 is 27.4 Å². The molecule has 0 radical (unpaired) electrons. The van der Waals surface area contributed by atoms with Gasteiger partial charge in [0, 0.05) is 5.02 Å². The van der Waals surface area contributed by atoms with Crippen LogP contribution in [0.25, 0.3) is 0 Å². The van der Waals surface area contributed by atoms with Crippen molar-refractivity contribution >= 4 is 39.1 Å². The molecule has 0 atom stereocenters. The number of benzene rings is 2. The maximum Gasteiger partial charge on any atom is 0.387 e. The Bertz CT molecular complexity index is 746. The molecule has 2 aromatic carbocycles. The number of para-hydroxylation sites is 1. The molecule has 128 valence electrons. The average molecular weight is 425 g/mol. The third-order valence-electron chi connectivity index (χ3n) is 2.68. The highest BCUT2D eigenvalue weighted by Gasteiger charge is 2.17. The Kier molecular flexibility index (Phi) is 6.33. The van der Waals surface area contributed by atoms with Gasteiger partial charge in [-0.15, -0.1) is 0 Å². The summed E-state index contributed by atoms with van der Waals surface area (Å²) < 4.78 is 47.9. The van der Waals surface area contributed by atoms with E-state index < -0.39 is 24.9 Å². The molecule has 0 unspecified atom stereocenters. The van der Waals surface area contributed by atoms with E-state index in [9.17, 15) is 18.0 Å². The van der Waals surface area contributed by atoms with Crippen LogP contribution >= 0.6 is 27.5 Å².